The van der Waals surface area contributed by atoms with Gasteiger partial charge in [0.2, 0.25) is 5.91 Å². The average molecular weight is 181 g/mol. The maximum absolute atomic E-state index is 11.5. The standard InChI is InChI=1S/C9H11NO3/c1-2-13-8(12)9-4-3-6(5-9)7(11)10-9/h3-4,6H,2,5H2,1H3,(H,10,11). The highest BCUT2D eigenvalue weighted by molar-refractivity contribution is 5.97. The molecule has 1 N–H and O–H groups in total. The summed E-state index contributed by atoms with van der Waals surface area (Å²) in [6.45, 7) is 2.09. The second-order valence-electron chi connectivity index (χ2n) is 3.35. The van der Waals surface area contributed by atoms with Gasteiger partial charge >= 0.3 is 5.97 Å². The highest BCUT2D eigenvalue weighted by Crippen LogP contribution is 2.35. The highest BCUT2D eigenvalue weighted by atomic mass is 16.5. The quantitative estimate of drug-likeness (QED) is 0.481. The van der Waals surface area contributed by atoms with Gasteiger partial charge in [-0.15, -0.1) is 0 Å². The minimum Gasteiger partial charge on any atom is -0.464 e. The molecule has 1 fully saturated rings. The van der Waals surface area contributed by atoms with Crippen LogP contribution in [-0.4, -0.2) is 24.0 Å². The van der Waals surface area contributed by atoms with Gasteiger partial charge in [0, 0.05) is 0 Å². The number of esters is 1. The maximum atomic E-state index is 11.5. The van der Waals surface area contributed by atoms with Crippen molar-refractivity contribution in [2.75, 3.05) is 6.61 Å². The molecule has 0 aromatic rings. The van der Waals surface area contributed by atoms with Crippen molar-refractivity contribution in [2.45, 2.75) is 18.9 Å². The Morgan fingerprint density at radius 3 is 3.08 bits per heavy atom. The van der Waals surface area contributed by atoms with Gasteiger partial charge in [0.1, 0.15) is 0 Å². The van der Waals surface area contributed by atoms with Crippen molar-refractivity contribution in [3.05, 3.63) is 12.2 Å². The Labute approximate surface area is 75.9 Å². The van der Waals surface area contributed by atoms with Gasteiger partial charge in [-0.1, -0.05) is 12.2 Å². The van der Waals surface area contributed by atoms with Crippen LogP contribution in [0.25, 0.3) is 0 Å². The summed E-state index contributed by atoms with van der Waals surface area (Å²) in [6.07, 6.45) is 4.03. The van der Waals surface area contributed by atoms with Crippen molar-refractivity contribution in [3.63, 3.8) is 0 Å². The first kappa shape index (κ1) is 8.29. The van der Waals surface area contributed by atoms with Gasteiger partial charge < -0.3 is 10.1 Å². The van der Waals surface area contributed by atoms with Crippen LogP contribution in [0.1, 0.15) is 13.3 Å². The van der Waals surface area contributed by atoms with Gasteiger partial charge in [-0.25, -0.2) is 4.79 Å². The molecule has 1 saturated heterocycles. The summed E-state index contributed by atoms with van der Waals surface area (Å²) < 4.78 is 4.89. The summed E-state index contributed by atoms with van der Waals surface area (Å²) in [7, 11) is 0. The molecule has 0 spiro atoms. The first-order valence-corrected chi connectivity index (χ1v) is 4.36. The molecule has 2 bridgehead atoms. The smallest absolute Gasteiger partial charge is 0.335 e. The number of carbonyl (C=O) groups excluding carboxylic acids is 2. The van der Waals surface area contributed by atoms with Crippen molar-refractivity contribution in [1.82, 2.24) is 5.32 Å². The van der Waals surface area contributed by atoms with E-state index in [1.807, 2.05) is 0 Å². The van der Waals surface area contributed by atoms with Crippen LogP contribution in [0.3, 0.4) is 0 Å². The molecular formula is C9H11NO3. The van der Waals surface area contributed by atoms with Gasteiger partial charge in [-0.05, 0) is 13.3 Å². The first-order valence-electron chi connectivity index (χ1n) is 4.36. The Hall–Kier alpha value is -1.32. The summed E-state index contributed by atoms with van der Waals surface area (Å²) in [5, 5.41) is 2.65. The fraction of sp³-hybridized carbons (Fsp3) is 0.556. The lowest BCUT2D eigenvalue weighted by atomic mass is 10.0. The van der Waals surface area contributed by atoms with E-state index in [4.69, 9.17) is 4.74 Å². The third-order valence-electron chi connectivity index (χ3n) is 2.48. The second-order valence-corrected chi connectivity index (χ2v) is 3.35. The van der Waals surface area contributed by atoms with Crippen molar-refractivity contribution in [3.8, 4) is 0 Å². The lowest BCUT2D eigenvalue weighted by Crippen LogP contribution is -2.48. The van der Waals surface area contributed by atoms with Crippen LogP contribution in [0.2, 0.25) is 0 Å². The van der Waals surface area contributed by atoms with Gasteiger partial charge in [-0.2, -0.15) is 0 Å². The number of amides is 1. The fourth-order valence-corrected chi connectivity index (χ4v) is 1.81. The SMILES string of the molecule is CCOC(=O)C12C=CC(C1)C(=O)N2. The second kappa shape index (κ2) is 2.58. The monoisotopic (exact) mass is 181 g/mol. The van der Waals surface area contributed by atoms with Crippen LogP contribution in [0.5, 0.6) is 0 Å². The minimum atomic E-state index is -0.849. The summed E-state index contributed by atoms with van der Waals surface area (Å²) in [5.41, 5.74) is -0.849. The van der Waals surface area contributed by atoms with Gasteiger partial charge in [0.25, 0.3) is 0 Å². The fourth-order valence-electron chi connectivity index (χ4n) is 1.81. The number of hydrogen-bond acceptors (Lipinski definition) is 3. The molecule has 1 amide bonds. The third kappa shape index (κ3) is 1.05. The molecule has 2 aliphatic rings. The Morgan fingerprint density at radius 2 is 2.62 bits per heavy atom. The average Bonchev–Trinajstić information content (AvgIpc) is 2.62. The number of carbonyl (C=O) groups is 2. The third-order valence-corrected chi connectivity index (χ3v) is 2.48. The van der Waals surface area contributed by atoms with Crippen molar-refractivity contribution in [2.24, 2.45) is 5.92 Å². The van der Waals surface area contributed by atoms with Gasteiger partial charge in [0.05, 0.1) is 12.5 Å². The van der Waals surface area contributed by atoms with Crippen molar-refractivity contribution < 1.29 is 14.3 Å². The van der Waals surface area contributed by atoms with Crippen LogP contribution >= 0.6 is 0 Å². The van der Waals surface area contributed by atoms with E-state index in [1.165, 1.54) is 0 Å². The largest absolute Gasteiger partial charge is 0.464 e. The van der Waals surface area contributed by atoms with E-state index in [9.17, 15) is 9.59 Å². The van der Waals surface area contributed by atoms with Crippen LogP contribution in [0.15, 0.2) is 12.2 Å². The molecule has 1 aliphatic heterocycles. The molecule has 4 heteroatoms. The number of nitrogens with one attached hydrogen (secondary N) is 1. The molecule has 2 rings (SSSR count). The van der Waals surface area contributed by atoms with E-state index in [2.05, 4.69) is 5.32 Å². The summed E-state index contributed by atoms with van der Waals surface area (Å²) >= 11 is 0. The highest BCUT2D eigenvalue weighted by Gasteiger charge is 2.52. The summed E-state index contributed by atoms with van der Waals surface area (Å²) in [6, 6.07) is 0. The molecule has 0 saturated carbocycles. The normalized spacial score (nSPS) is 34.8. The van der Waals surface area contributed by atoms with Crippen LogP contribution in [0.4, 0.5) is 0 Å². The number of rotatable bonds is 2. The summed E-state index contributed by atoms with van der Waals surface area (Å²) in [4.78, 5) is 22.7. The Bertz CT molecular complexity index is 297. The zero-order valence-electron chi connectivity index (χ0n) is 7.37. The van der Waals surface area contributed by atoms with E-state index in [0.717, 1.165) is 0 Å². The first-order chi connectivity index (χ1) is 6.18. The predicted molar refractivity (Wildman–Crippen MR) is 44.8 cm³/mol. The zero-order valence-corrected chi connectivity index (χ0v) is 7.37. The maximum Gasteiger partial charge on any atom is 0.335 e. The topological polar surface area (TPSA) is 55.4 Å². The van der Waals surface area contributed by atoms with E-state index < -0.39 is 5.54 Å². The number of ether oxygens (including phenoxy) is 1. The zero-order chi connectivity index (χ0) is 9.47. The molecule has 1 heterocycles. The van der Waals surface area contributed by atoms with Crippen molar-refractivity contribution in [1.29, 1.82) is 0 Å². The summed E-state index contributed by atoms with van der Waals surface area (Å²) in [5.74, 6) is -0.556. The molecule has 2 atom stereocenters. The molecule has 70 valence electrons. The molecule has 0 radical (unpaired) electrons. The van der Waals surface area contributed by atoms with E-state index in [-0.39, 0.29) is 17.8 Å². The molecule has 2 unspecified atom stereocenters. The van der Waals surface area contributed by atoms with Gasteiger partial charge in [0.15, 0.2) is 5.54 Å². The van der Waals surface area contributed by atoms with Crippen LogP contribution in [0, 0.1) is 5.92 Å². The Kier molecular flexibility index (Phi) is 1.65. The van der Waals surface area contributed by atoms with Gasteiger partial charge in [-0.3, -0.25) is 4.79 Å². The van der Waals surface area contributed by atoms with Crippen LogP contribution in [-0.2, 0) is 14.3 Å². The number of fused-ring (bicyclic) bond motifs is 2. The lowest BCUT2D eigenvalue weighted by molar-refractivity contribution is -0.149. The Balaban J connectivity index is 2.19. The molecule has 0 aromatic heterocycles. The molecule has 1 aliphatic carbocycles. The van der Waals surface area contributed by atoms with Crippen molar-refractivity contribution >= 4 is 11.9 Å². The van der Waals surface area contributed by atoms with E-state index >= 15 is 0 Å². The molecular weight excluding hydrogens is 170 g/mol. The van der Waals surface area contributed by atoms with E-state index in [0.29, 0.717) is 13.0 Å². The molecule has 0 aromatic carbocycles. The van der Waals surface area contributed by atoms with Crippen LogP contribution < -0.4 is 5.32 Å². The molecule has 4 nitrogen and oxygen atoms in total. The molecule has 13 heavy (non-hydrogen) atoms. The minimum absolute atomic E-state index is 0.0736. The predicted octanol–water partition coefficient (Wildman–Crippen LogP) is -0.00580. The Morgan fingerprint density at radius 1 is 1.85 bits per heavy atom. The van der Waals surface area contributed by atoms with E-state index in [1.54, 1.807) is 19.1 Å². The number of hydrogen-bond donors (Lipinski definition) is 1. The lowest BCUT2D eigenvalue weighted by Gasteiger charge is -2.21.